The van der Waals surface area contributed by atoms with E-state index in [0.717, 1.165) is 11.4 Å². The predicted molar refractivity (Wildman–Crippen MR) is 209 cm³/mol. The normalized spacial score (nSPS) is 11.8. The lowest BCUT2D eigenvalue weighted by Gasteiger charge is -2.26. The molecule has 0 aliphatic heterocycles. The van der Waals surface area contributed by atoms with Gasteiger partial charge in [-0.1, -0.05) is 133 Å². The molecule has 48 heavy (non-hydrogen) atoms. The van der Waals surface area contributed by atoms with Crippen LogP contribution in [0.5, 0.6) is 0 Å². The van der Waals surface area contributed by atoms with Crippen LogP contribution < -0.4 is 4.90 Å². The Bertz CT molecular complexity index is 2830. The Morgan fingerprint density at radius 1 is 0.375 bits per heavy atom. The molecule has 0 fully saturated rings. The average Bonchev–Trinajstić information content (AvgIpc) is 3.55. The Kier molecular flexibility index (Phi) is 6.12. The van der Waals surface area contributed by atoms with Gasteiger partial charge in [0, 0.05) is 26.8 Å². The quantitative estimate of drug-likeness (QED) is 0.176. The summed E-state index contributed by atoms with van der Waals surface area (Å²) in [5.41, 5.74) is 5.94. The molecule has 10 aromatic rings. The van der Waals surface area contributed by atoms with Crippen molar-refractivity contribution in [2.24, 2.45) is 0 Å². The van der Waals surface area contributed by atoms with Gasteiger partial charge in [0.05, 0.1) is 10.4 Å². The first-order chi connectivity index (χ1) is 23.8. The summed E-state index contributed by atoms with van der Waals surface area (Å²) < 4.78 is 2.61. The van der Waals surface area contributed by atoms with E-state index in [-0.39, 0.29) is 0 Å². The predicted octanol–water partition coefficient (Wildman–Crippen LogP) is 13.8. The average molecular weight is 628 g/mol. The van der Waals surface area contributed by atoms with E-state index in [9.17, 15) is 0 Å². The van der Waals surface area contributed by atoms with Crippen LogP contribution in [0.3, 0.4) is 0 Å². The molecule has 0 spiro atoms. The molecule has 0 saturated heterocycles. The molecular weight excluding hydrogens is 599 g/mol. The fraction of sp³-hybridized carbons (Fsp3) is 0. The summed E-state index contributed by atoms with van der Waals surface area (Å²) in [6.07, 6.45) is 0. The molecule has 1 aromatic heterocycles. The minimum atomic E-state index is 1.14. The molecular formula is C46H29NS. The van der Waals surface area contributed by atoms with E-state index < -0.39 is 0 Å². The van der Waals surface area contributed by atoms with Gasteiger partial charge in [-0.25, -0.2) is 0 Å². The van der Waals surface area contributed by atoms with Crippen molar-refractivity contribution in [1.29, 1.82) is 0 Å². The van der Waals surface area contributed by atoms with Gasteiger partial charge in [0.2, 0.25) is 0 Å². The van der Waals surface area contributed by atoms with E-state index in [1.807, 2.05) is 11.3 Å². The van der Waals surface area contributed by atoms with Crippen molar-refractivity contribution in [3.8, 4) is 11.1 Å². The number of benzene rings is 9. The Labute approximate surface area is 282 Å². The highest BCUT2D eigenvalue weighted by molar-refractivity contribution is 7.26. The van der Waals surface area contributed by atoms with Crippen molar-refractivity contribution in [3.63, 3.8) is 0 Å². The van der Waals surface area contributed by atoms with Gasteiger partial charge in [-0.2, -0.15) is 0 Å². The van der Waals surface area contributed by atoms with Crippen LogP contribution in [0, 0.1) is 0 Å². The van der Waals surface area contributed by atoms with E-state index in [4.69, 9.17) is 0 Å². The molecule has 0 saturated carbocycles. The van der Waals surface area contributed by atoms with Crippen molar-refractivity contribution >= 4 is 91.7 Å². The lowest BCUT2D eigenvalue weighted by Crippen LogP contribution is -2.09. The summed E-state index contributed by atoms with van der Waals surface area (Å²) in [6, 6.07) is 64.4. The number of anilines is 3. The third-order valence-corrected chi connectivity index (χ3v) is 11.0. The number of thiophene rings is 1. The zero-order valence-corrected chi connectivity index (χ0v) is 26.9. The van der Waals surface area contributed by atoms with Gasteiger partial charge in [-0.3, -0.25) is 0 Å². The molecule has 0 bridgehead atoms. The SMILES string of the molecule is c1ccc(N(c2ccc(-c3cc4ccc5ccccc5c4c4ccccc34)cc2)c2cccc3c2sc2ccc4ccccc4c23)cc1. The Balaban J connectivity index is 1.16. The molecule has 0 amide bonds. The lowest BCUT2D eigenvalue weighted by molar-refractivity contribution is 1.30. The molecule has 10 rings (SSSR count). The summed E-state index contributed by atoms with van der Waals surface area (Å²) in [5, 5.41) is 13.0. The largest absolute Gasteiger partial charge is 0.309 e. The lowest BCUT2D eigenvalue weighted by atomic mass is 9.91. The number of para-hydroxylation sites is 1. The van der Waals surface area contributed by atoms with Gasteiger partial charge in [0.15, 0.2) is 0 Å². The molecule has 224 valence electrons. The minimum absolute atomic E-state index is 1.14. The fourth-order valence-corrected chi connectivity index (χ4v) is 8.86. The maximum absolute atomic E-state index is 2.41. The molecule has 0 aliphatic carbocycles. The maximum Gasteiger partial charge on any atom is 0.0640 e. The first kappa shape index (κ1) is 27.2. The van der Waals surface area contributed by atoms with Crippen LogP contribution in [0.2, 0.25) is 0 Å². The Morgan fingerprint density at radius 3 is 1.73 bits per heavy atom. The summed E-state index contributed by atoms with van der Waals surface area (Å²) in [7, 11) is 0. The second-order valence-electron chi connectivity index (χ2n) is 12.5. The van der Waals surface area contributed by atoms with Crippen LogP contribution in [-0.2, 0) is 0 Å². The maximum atomic E-state index is 2.41. The third kappa shape index (κ3) is 4.17. The van der Waals surface area contributed by atoms with Crippen LogP contribution in [0.4, 0.5) is 17.1 Å². The molecule has 0 N–H and O–H groups in total. The molecule has 0 atom stereocenters. The van der Waals surface area contributed by atoms with E-state index in [0.29, 0.717) is 0 Å². The van der Waals surface area contributed by atoms with Crippen molar-refractivity contribution in [1.82, 2.24) is 0 Å². The topological polar surface area (TPSA) is 3.24 Å². The standard InChI is InChI=1S/C46H29NS/c1-2-13-34(14-3-1)47(42-20-10-19-40-45-37-16-7-5-12-31(37)25-28-43(45)48-46(40)42)35-26-23-32(24-27-35)41-29-33-22-21-30-11-4-6-15-36(30)44(33)39-18-9-8-17-38(39)41/h1-29H. The van der Waals surface area contributed by atoms with Gasteiger partial charge in [0.25, 0.3) is 0 Å². The third-order valence-electron chi connectivity index (χ3n) is 9.81. The number of fused-ring (bicyclic) bond motifs is 10. The van der Waals surface area contributed by atoms with Gasteiger partial charge in [-0.15, -0.1) is 11.3 Å². The first-order valence-corrected chi connectivity index (χ1v) is 17.3. The van der Waals surface area contributed by atoms with Crippen LogP contribution >= 0.6 is 11.3 Å². The molecule has 0 aliphatic rings. The van der Waals surface area contributed by atoms with Crippen molar-refractivity contribution in [2.45, 2.75) is 0 Å². The molecule has 0 radical (unpaired) electrons. The second-order valence-corrected chi connectivity index (χ2v) is 13.5. The Hall–Kier alpha value is -5.96. The number of hydrogen-bond donors (Lipinski definition) is 0. The van der Waals surface area contributed by atoms with Gasteiger partial charge in [-0.05, 0) is 96.7 Å². The molecule has 1 heterocycles. The van der Waals surface area contributed by atoms with Crippen molar-refractivity contribution in [3.05, 3.63) is 176 Å². The van der Waals surface area contributed by atoms with Gasteiger partial charge < -0.3 is 4.90 Å². The first-order valence-electron chi connectivity index (χ1n) is 16.4. The summed E-state index contributed by atoms with van der Waals surface area (Å²) in [5.74, 6) is 0. The summed E-state index contributed by atoms with van der Waals surface area (Å²) in [4.78, 5) is 2.41. The van der Waals surface area contributed by atoms with Crippen molar-refractivity contribution < 1.29 is 0 Å². The highest BCUT2D eigenvalue weighted by Gasteiger charge is 2.19. The van der Waals surface area contributed by atoms with Gasteiger partial charge >= 0.3 is 0 Å². The minimum Gasteiger partial charge on any atom is -0.309 e. The number of rotatable bonds is 4. The van der Waals surface area contributed by atoms with Crippen molar-refractivity contribution in [2.75, 3.05) is 4.90 Å². The molecule has 9 aromatic carbocycles. The number of hydrogen-bond acceptors (Lipinski definition) is 2. The van der Waals surface area contributed by atoms with E-state index in [1.54, 1.807) is 0 Å². The smallest absolute Gasteiger partial charge is 0.0640 e. The van der Waals surface area contributed by atoms with E-state index in [2.05, 4.69) is 181 Å². The van der Waals surface area contributed by atoms with Gasteiger partial charge in [0.1, 0.15) is 0 Å². The zero-order valence-electron chi connectivity index (χ0n) is 26.1. The highest BCUT2D eigenvalue weighted by atomic mass is 32.1. The summed E-state index contributed by atoms with van der Waals surface area (Å²) in [6.45, 7) is 0. The van der Waals surface area contributed by atoms with E-state index >= 15 is 0 Å². The summed E-state index contributed by atoms with van der Waals surface area (Å²) >= 11 is 1.88. The Morgan fingerprint density at radius 2 is 0.958 bits per heavy atom. The molecule has 2 heteroatoms. The monoisotopic (exact) mass is 627 g/mol. The van der Waals surface area contributed by atoms with Crippen LogP contribution in [-0.4, -0.2) is 0 Å². The molecule has 0 unspecified atom stereocenters. The number of nitrogens with zero attached hydrogens (tertiary/aromatic N) is 1. The highest BCUT2D eigenvalue weighted by Crippen LogP contribution is 2.47. The zero-order chi connectivity index (χ0) is 31.6. The fourth-order valence-electron chi connectivity index (χ4n) is 7.64. The molecule has 1 nitrogen and oxygen atoms in total. The van der Waals surface area contributed by atoms with Crippen LogP contribution in [0.1, 0.15) is 0 Å². The van der Waals surface area contributed by atoms with E-state index in [1.165, 1.54) is 80.1 Å². The van der Waals surface area contributed by atoms with Crippen LogP contribution in [0.25, 0.3) is 74.4 Å². The second kappa shape index (κ2) is 10.8. The van der Waals surface area contributed by atoms with Crippen LogP contribution in [0.15, 0.2) is 176 Å².